The number of nitrogens with one attached hydrogen (secondary N) is 2. The third-order valence-corrected chi connectivity index (χ3v) is 2.51. The van der Waals surface area contributed by atoms with Gasteiger partial charge in [0.25, 0.3) is 11.0 Å². The Hall–Kier alpha value is -0.610. The molecule has 0 unspecified atom stereocenters. The fourth-order valence-electron chi connectivity index (χ4n) is 1.10. The highest BCUT2D eigenvalue weighted by molar-refractivity contribution is 9.10. The zero-order valence-electron chi connectivity index (χ0n) is 6.28. The highest BCUT2D eigenvalue weighted by Gasteiger charge is 2.14. The second kappa shape index (κ2) is 2.71. The van der Waals surface area contributed by atoms with Crippen LogP contribution in [0.4, 0.5) is 0 Å². The minimum absolute atomic E-state index is 0.493. The molecule has 0 aliphatic heterocycles. The molecule has 0 aliphatic carbocycles. The van der Waals surface area contributed by atoms with E-state index in [9.17, 15) is 0 Å². The summed E-state index contributed by atoms with van der Waals surface area (Å²) >= 11 is 9.28. The van der Waals surface area contributed by atoms with Crippen LogP contribution in [0, 0.1) is 6.92 Å². The minimum Gasteiger partial charge on any atom is -0.353 e. The van der Waals surface area contributed by atoms with Crippen LogP contribution in [0.2, 0.25) is 5.15 Å². The summed E-state index contributed by atoms with van der Waals surface area (Å²) < 4.78 is 0.963. The molecule has 0 saturated carbocycles. The monoisotopic (exact) mass is 246 g/mol. The molecule has 0 fully saturated rings. The zero-order valence-corrected chi connectivity index (χ0v) is 8.62. The molecule has 62 valence electrons. The molecule has 0 aromatic carbocycles. The molecule has 0 atom stereocenters. The predicted octanol–water partition coefficient (Wildman–Crippen LogP) is 2.10. The van der Waals surface area contributed by atoms with Gasteiger partial charge in [-0.25, -0.2) is 4.98 Å². The predicted molar refractivity (Wildman–Crippen MR) is 50.1 cm³/mol. The molecular weight excluding hydrogens is 241 g/mol. The van der Waals surface area contributed by atoms with Crippen molar-refractivity contribution < 1.29 is 4.98 Å². The normalized spacial score (nSPS) is 10.9. The van der Waals surface area contributed by atoms with Crippen molar-refractivity contribution in [3.63, 3.8) is 0 Å². The first-order chi connectivity index (χ1) is 5.68. The van der Waals surface area contributed by atoms with Gasteiger partial charge in [0, 0.05) is 13.1 Å². The summed E-state index contributed by atoms with van der Waals surface area (Å²) in [6.45, 7) is 1.87. The summed E-state index contributed by atoms with van der Waals surface area (Å²) in [5.41, 5.74) is 1.78. The summed E-state index contributed by atoms with van der Waals surface area (Å²) in [4.78, 5) is 10.2. The lowest BCUT2D eigenvalue weighted by Crippen LogP contribution is -2.10. The molecule has 2 N–H and O–H groups in total. The van der Waals surface area contributed by atoms with Crippen molar-refractivity contribution in [3.05, 3.63) is 21.6 Å². The number of rotatable bonds is 0. The first kappa shape index (κ1) is 8.01. The number of H-pyrrole nitrogens is 2. The van der Waals surface area contributed by atoms with Crippen molar-refractivity contribution in [3.8, 4) is 0 Å². The van der Waals surface area contributed by atoms with Gasteiger partial charge in [0.1, 0.15) is 0 Å². The van der Waals surface area contributed by atoms with Crippen LogP contribution in [-0.4, -0.2) is 9.97 Å². The number of aromatic amines is 2. The molecule has 2 aromatic rings. The highest BCUT2D eigenvalue weighted by Crippen LogP contribution is 2.23. The molecule has 0 saturated heterocycles. The van der Waals surface area contributed by atoms with Gasteiger partial charge in [-0.3, -0.25) is 0 Å². The molecule has 0 amide bonds. The van der Waals surface area contributed by atoms with Crippen molar-refractivity contribution in [1.82, 2.24) is 9.97 Å². The van der Waals surface area contributed by atoms with Crippen molar-refractivity contribution in [2.75, 3.05) is 0 Å². The lowest BCUT2D eigenvalue weighted by atomic mass is 10.4. The summed E-state index contributed by atoms with van der Waals surface area (Å²) in [5.74, 6) is 0.799. The van der Waals surface area contributed by atoms with Crippen LogP contribution in [0.3, 0.4) is 0 Å². The van der Waals surface area contributed by atoms with Gasteiger partial charge in [-0.15, -0.1) is 0 Å². The van der Waals surface area contributed by atoms with E-state index in [0.717, 1.165) is 21.3 Å². The maximum atomic E-state index is 5.89. The third kappa shape index (κ3) is 1.11. The summed E-state index contributed by atoms with van der Waals surface area (Å²) in [6, 6.07) is 0. The van der Waals surface area contributed by atoms with Crippen LogP contribution in [0.25, 0.3) is 11.0 Å². The number of aromatic nitrogens is 3. The molecule has 0 spiro atoms. The molecule has 5 heteroatoms. The summed E-state index contributed by atoms with van der Waals surface area (Å²) in [5, 5.41) is 0.493. The molecule has 0 radical (unpaired) electrons. The van der Waals surface area contributed by atoms with E-state index in [0.29, 0.717) is 5.15 Å². The molecule has 3 nitrogen and oxygen atoms in total. The van der Waals surface area contributed by atoms with Gasteiger partial charge >= 0.3 is 0 Å². The van der Waals surface area contributed by atoms with Gasteiger partial charge in [-0.2, -0.15) is 0 Å². The molecule has 0 aliphatic rings. The molecule has 2 rings (SSSR count). The van der Waals surface area contributed by atoms with Crippen molar-refractivity contribution in [2.24, 2.45) is 0 Å². The van der Waals surface area contributed by atoms with E-state index in [4.69, 9.17) is 11.6 Å². The molecule has 2 aromatic heterocycles. The summed E-state index contributed by atoms with van der Waals surface area (Å²) in [7, 11) is 0. The Morgan fingerprint density at radius 1 is 1.67 bits per heavy atom. The number of fused-ring (bicyclic) bond motifs is 1. The van der Waals surface area contributed by atoms with Gasteiger partial charge in [-0.1, -0.05) is 0 Å². The van der Waals surface area contributed by atoms with Crippen LogP contribution >= 0.6 is 27.5 Å². The van der Waals surface area contributed by atoms with Gasteiger partial charge < -0.3 is 4.98 Å². The fourth-order valence-corrected chi connectivity index (χ4v) is 1.78. The Morgan fingerprint density at radius 2 is 2.42 bits per heavy atom. The first-order valence-corrected chi connectivity index (χ1v) is 4.57. The Kier molecular flexibility index (Phi) is 1.81. The standard InChI is InChI=1S/C7H5BrClN3/c1-3-11-5-4(8)2-10-6(5)7(9)12-3/h2,10H,1H3/p+1. The van der Waals surface area contributed by atoms with Crippen molar-refractivity contribution >= 4 is 38.6 Å². The quantitative estimate of drug-likeness (QED) is 0.712. The highest BCUT2D eigenvalue weighted by atomic mass is 79.9. The van der Waals surface area contributed by atoms with Crippen molar-refractivity contribution in [2.45, 2.75) is 6.92 Å². The SMILES string of the molecule is Cc1nc(Cl)c2[nH]cc(Br)c2[nH+]1. The number of halogens is 2. The van der Waals surface area contributed by atoms with Gasteiger partial charge in [0.05, 0.1) is 4.47 Å². The number of hydrogen-bond donors (Lipinski definition) is 1. The largest absolute Gasteiger partial charge is 0.353 e. The van der Waals surface area contributed by atoms with Gasteiger partial charge in [-0.05, 0) is 32.5 Å². The third-order valence-electron chi connectivity index (χ3n) is 1.61. The molecule has 12 heavy (non-hydrogen) atoms. The van der Waals surface area contributed by atoms with E-state index < -0.39 is 0 Å². The van der Waals surface area contributed by atoms with Crippen LogP contribution in [0.5, 0.6) is 0 Å². The average Bonchev–Trinajstić information content (AvgIpc) is 2.33. The van der Waals surface area contributed by atoms with E-state index in [1.807, 2.05) is 13.1 Å². The molecular formula is C7H6BrClN3+. The minimum atomic E-state index is 0.493. The lowest BCUT2D eigenvalue weighted by molar-refractivity contribution is -0.360. The summed E-state index contributed by atoms with van der Waals surface area (Å²) in [6.07, 6.45) is 1.83. The number of hydrogen-bond acceptors (Lipinski definition) is 1. The maximum Gasteiger partial charge on any atom is 0.295 e. The van der Waals surface area contributed by atoms with Crippen LogP contribution < -0.4 is 4.98 Å². The first-order valence-electron chi connectivity index (χ1n) is 3.40. The van der Waals surface area contributed by atoms with E-state index >= 15 is 0 Å². The zero-order chi connectivity index (χ0) is 8.72. The topological polar surface area (TPSA) is 42.8 Å². The number of aryl methyl sites for hydroxylation is 1. The second-order valence-corrected chi connectivity index (χ2v) is 3.71. The van der Waals surface area contributed by atoms with E-state index in [-0.39, 0.29) is 0 Å². The van der Waals surface area contributed by atoms with Crippen LogP contribution in [0.1, 0.15) is 5.82 Å². The van der Waals surface area contributed by atoms with Crippen LogP contribution in [-0.2, 0) is 0 Å². The van der Waals surface area contributed by atoms with Gasteiger partial charge in [0.2, 0.25) is 0 Å². The van der Waals surface area contributed by atoms with Crippen LogP contribution in [0.15, 0.2) is 10.7 Å². The Labute approximate surface area is 82.3 Å². The fraction of sp³-hybridized carbons (Fsp3) is 0.143. The Bertz CT molecular complexity index is 437. The Morgan fingerprint density at radius 3 is 3.17 bits per heavy atom. The number of nitrogens with zero attached hydrogens (tertiary/aromatic N) is 1. The molecule has 0 bridgehead atoms. The van der Waals surface area contributed by atoms with Gasteiger partial charge in [0.15, 0.2) is 11.0 Å². The maximum absolute atomic E-state index is 5.89. The van der Waals surface area contributed by atoms with E-state index in [1.54, 1.807) is 0 Å². The van der Waals surface area contributed by atoms with E-state index in [2.05, 4.69) is 30.9 Å². The van der Waals surface area contributed by atoms with E-state index in [1.165, 1.54) is 0 Å². The molecule has 2 heterocycles. The smallest absolute Gasteiger partial charge is 0.295 e. The Balaban J connectivity index is 2.92. The van der Waals surface area contributed by atoms with Crippen molar-refractivity contribution in [1.29, 1.82) is 0 Å². The lowest BCUT2D eigenvalue weighted by Gasteiger charge is -1.87. The second-order valence-electron chi connectivity index (χ2n) is 2.50. The average molecular weight is 248 g/mol.